The molecule has 6 N–H and O–H groups in total. The van der Waals surface area contributed by atoms with E-state index in [0.29, 0.717) is 5.69 Å². The fourth-order valence-electron chi connectivity index (χ4n) is 2.13. The lowest BCUT2D eigenvalue weighted by atomic mass is 10.1. The van der Waals surface area contributed by atoms with E-state index in [1.54, 1.807) is 0 Å². The van der Waals surface area contributed by atoms with Gasteiger partial charge in [-0.25, -0.2) is 9.78 Å². The molecule has 26 heavy (non-hydrogen) atoms. The number of nitrogens with zero attached hydrogens (tertiary/aromatic N) is 1. The van der Waals surface area contributed by atoms with Crippen LogP contribution in [0.2, 0.25) is 0 Å². The molecule has 1 aromatic rings. The van der Waals surface area contributed by atoms with Crippen molar-refractivity contribution in [2.75, 3.05) is 0 Å². The number of carboxylic acid groups (broad SMARTS) is 2. The summed E-state index contributed by atoms with van der Waals surface area (Å²) in [5.41, 5.74) is 0.528. The highest BCUT2D eigenvalue weighted by Gasteiger charge is 2.29. The third-order valence-corrected chi connectivity index (χ3v) is 3.47. The van der Waals surface area contributed by atoms with Gasteiger partial charge in [-0.15, -0.1) is 0 Å². The van der Waals surface area contributed by atoms with Crippen LogP contribution in [0.4, 0.5) is 0 Å². The third kappa shape index (κ3) is 7.30. The Labute approximate surface area is 148 Å². The summed E-state index contributed by atoms with van der Waals surface area (Å²) in [6, 6.07) is -2.65. The number of carbonyl (C=O) groups excluding carboxylic acids is 2. The van der Waals surface area contributed by atoms with E-state index in [1.807, 2.05) is 0 Å². The second kappa shape index (κ2) is 10.1. The molecule has 2 amide bonds. The molecule has 3 atom stereocenters. The number of nitrogens with one attached hydrogen (secondary N) is 3. The van der Waals surface area contributed by atoms with Crippen LogP contribution in [0.3, 0.4) is 0 Å². The minimum absolute atomic E-state index is 0.0165. The maximum absolute atomic E-state index is 12.4. The summed E-state index contributed by atoms with van der Waals surface area (Å²) in [4.78, 5) is 52.5. The largest absolute Gasteiger partial charge is 0.481 e. The number of aliphatic hydroxyl groups is 1. The van der Waals surface area contributed by atoms with Gasteiger partial charge in [0.15, 0.2) is 6.04 Å². The number of amides is 2. The van der Waals surface area contributed by atoms with Crippen molar-refractivity contribution < 1.29 is 34.5 Å². The highest BCUT2D eigenvalue weighted by atomic mass is 16.4. The average molecular weight is 370 g/mol. The normalized spacial score (nSPS) is 14.1. The number of carbonyl (C=O) groups is 4. The first-order valence-corrected chi connectivity index (χ1v) is 7.90. The third-order valence-electron chi connectivity index (χ3n) is 3.47. The van der Waals surface area contributed by atoms with Crippen molar-refractivity contribution >= 4 is 23.8 Å². The Morgan fingerprint density at radius 3 is 2.38 bits per heavy atom. The topological polar surface area (TPSA) is 182 Å². The van der Waals surface area contributed by atoms with Gasteiger partial charge in [0.05, 0.1) is 12.4 Å². The van der Waals surface area contributed by atoms with E-state index in [9.17, 15) is 24.3 Å². The molecule has 0 spiro atoms. The number of aromatic nitrogens is 2. The molecule has 0 aliphatic rings. The monoisotopic (exact) mass is 370 g/mol. The summed E-state index contributed by atoms with van der Waals surface area (Å²) in [6.45, 7) is 1.22. The fraction of sp³-hybridized carbons (Fsp3) is 0.533. The molecule has 1 heterocycles. The van der Waals surface area contributed by atoms with E-state index in [-0.39, 0.29) is 25.7 Å². The lowest BCUT2D eigenvalue weighted by Crippen LogP contribution is -2.55. The van der Waals surface area contributed by atoms with E-state index in [2.05, 4.69) is 20.6 Å². The molecule has 11 nitrogen and oxygen atoms in total. The van der Waals surface area contributed by atoms with E-state index in [1.165, 1.54) is 19.4 Å². The Kier molecular flexibility index (Phi) is 8.22. The van der Waals surface area contributed by atoms with Crippen molar-refractivity contribution in [3.05, 3.63) is 18.2 Å². The van der Waals surface area contributed by atoms with Crippen molar-refractivity contribution in [2.24, 2.45) is 0 Å². The number of H-pyrrole nitrogens is 1. The summed E-state index contributed by atoms with van der Waals surface area (Å²) in [5, 5.41) is 31.7. The van der Waals surface area contributed by atoms with E-state index < -0.39 is 41.9 Å². The van der Waals surface area contributed by atoms with Crippen LogP contribution in [0.15, 0.2) is 12.5 Å². The second-order valence-electron chi connectivity index (χ2n) is 5.71. The zero-order valence-corrected chi connectivity index (χ0v) is 14.1. The Bertz CT molecular complexity index is 630. The van der Waals surface area contributed by atoms with Crippen molar-refractivity contribution in [2.45, 2.75) is 50.8 Å². The quantitative estimate of drug-likeness (QED) is 0.276. The smallest absolute Gasteiger partial charge is 0.328 e. The number of aliphatic carboxylic acids is 2. The lowest BCUT2D eigenvalue weighted by molar-refractivity contribution is -0.145. The molecule has 0 radical (unpaired) electrons. The Balaban J connectivity index is 2.76. The number of hydrogen-bond donors (Lipinski definition) is 6. The highest BCUT2D eigenvalue weighted by molar-refractivity contribution is 5.90. The minimum Gasteiger partial charge on any atom is -0.481 e. The molecule has 3 unspecified atom stereocenters. The zero-order chi connectivity index (χ0) is 19.7. The molecule has 0 aliphatic carbocycles. The van der Waals surface area contributed by atoms with Gasteiger partial charge in [-0.3, -0.25) is 14.4 Å². The maximum atomic E-state index is 12.4. The number of rotatable bonds is 11. The molecular formula is C15H22N4O7. The molecular weight excluding hydrogens is 348 g/mol. The zero-order valence-electron chi connectivity index (χ0n) is 14.1. The highest BCUT2D eigenvalue weighted by Crippen LogP contribution is 2.03. The van der Waals surface area contributed by atoms with Gasteiger partial charge in [0, 0.05) is 31.2 Å². The van der Waals surface area contributed by atoms with Gasteiger partial charge in [0.25, 0.3) is 0 Å². The summed E-state index contributed by atoms with van der Waals surface area (Å²) in [5.74, 6) is -3.79. The van der Waals surface area contributed by atoms with Crippen LogP contribution >= 0.6 is 0 Å². The first-order valence-electron chi connectivity index (χ1n) is 7.90. The van der Waals surface area contributed by atoms with Gasteiger partial charge in [0.1, 0.15) is 6.04 Å². The molecule has 0 saturated heterocycles. The predicted molar refractivity (Wildman–Crippen MR) is 87.0 cm³/mol. The van der Waals surface area contributed by atoms with Gasteiger partial charge < -0.3 is 30.9 Å². The first kappa shape index (κ1) is 21.1. The Hall–Kier alpha value is -2.95. The molecule has 1 aromatic heterocycles. The van der Waals surface area contributed by atoms with Gasteiger partial charge in [-0.05, 0) is 13.3 Å². The van der Waals surface area contributed by atoms with Crippen molar-refractivity contribution in [3.63, 3.8) is 0 Å². The lowest BCUT2D eigenvalue weighted by Gasteiger charge is -2.22. The van der Waals surface area contributed by atoms with E-state index in [0.717, 1.165) is 0 Å². The van der Waals surface area contributed by atoms with Crippen molar-refractivity contribution in [1.29, 1.82) is 0 Å². The van der Waals surface area contributed by atoms with Crippen molar-refractivity contribution in [1.82, 2.24) is 20.6 Å². The van der Waals surface area contributed by atoms with Crippen LogP contribution < -0.4 is 10.6 Å². The van der Waals surface area contributed by atoms with E-state index in [4.69, 9.17) is 10.2 Å². The minimum atomic E-state index is -1.53. The van der Waals surface area contributed by atoms with Gasteiger partial charge in [-0.1, -0.05) is 0 Å². The number of hydrogen-bond acceptors (Lipinski definition) is 6. The number of aliphatic hydroxyl groups excluding tert-OH is 1. The molecule has 0 aromatic carbocycles. The Morgan fingerprint density at radius 2 is 1.88 bits per heavy atom. The van der Waals surface area contributed by atoms with Crippen LogP contribution in [0.5, 0.6) is 0 Å². The van der Waals surface area contributed by atoms with Crippen LogP contribution in [-0.2, 0) is 25.6 Å². The van der Waals surface area contributed by atoms with Crippen LogP contribution in [0.1, 0.15) is 31.9 Å². The molecule has 11 heteroatoms. The summed E-state index contributed by atoms with van der Waals surface area (Å²) in [7, 11) is 0. The summed E-state index contributed by atoms with van der Waals surface area (Å²) >= 11 is 0. The molecule has 0 bridgehead atoms. The summed E-state index contributed by atoms with van der Waals surface area (Å²) < 4.78 is 0. The standard InChI is InChI=1S/C15H22N4O7/c1-8(20)13(15(25)26)19-14(24)10(5-9-6-16-7-17-9)18-11(21)3-2-4-12(22)23/h6-8,10,13,20H,2-5H2,1H3,(H,16,17)(H,18,21)(H,19,24)(H,22,23)(H,25,26). The van der Waals surface area contributed by atoms with Gasteiger partial charge in [0.2, 0.25) is 11.8 Å². The number of carboxylic acids is 2. The molecule has 0 saturated carbocycles. The average Bonchev–Trinajstić information content (AvgIpc) is 3.03. The first-order chi connectivity index (χ1) is 12.2. The summed E-state index contributed by atoms with van der Waals surface area (Å²) in [6.07, 6.45) is 1.32. The molecule has 0 aliphatic heterocycles. The van der Waals surface area contributed by atoms with Gasteiger partial charge >= 0.3 is 11.9 Å². The van der Waals surface area contributed by atoms with Crippen LogP contribution in [0.25, 0.3) is 0 Å². The van der Waals surface area contributed by atoms with Crippen LogP contribution in [0, 0.1) is 0 Å². The number of imidazole rings is 1. The van der Waals surface area contributed by atoms with Gasteiger partial charge in [-0.2, -0.15) is 0 Å². The number of aromatic amines is 1. The van der Waals surface area contributed by atoms with Crippen molar-refractivity contribution in [3.8, 4) is 0 Å². The predicted octanol–water partition coefficient (Wildman–Crippen LogP) is -1.36. The second-order valence-corrected chi connectivity index (χ2v) is 5.71. The molecule has 144 valence electrons. The maximum Gasteiger partial charge on any atom is 0.328 e. The molecule has 0 fully saturated rings. The fourth-order valence-corrected chi connectivity index (χ4v) is 2.13. The SMILES string of the molecule is CC(O)C(NC(=O)C(Cc1cnc[nH]1)NC(=O)CCCC(=O)O)C(=O)O. The molecule has 1 rings (SSSR count). The van der Waals surface area contributed by atoms with E-state index >= 15 is 0 Å². The van der Waals surface area contributed by atoms with Crippen LogP contribution in [-0.4, -0.2) is 67.2 Å². The Morgan fingerprint density at radius 1 is 1.19 bits per heavy atom.